The third-order valence-corrected chi connectivity index (χ3v) is 2.22. The Balaban J connectivity index is 3.85. The molecule has 0 aliphatic carbocycles. The van der Waals surface area contributed by atoms with Crippen LogP contribution in [0.5, 0.6) is 0 Å². The fraction of sp³-hybridized carbons (Fsp3) is 1.00. The van der Waals surface area contributed by atoms with E-state index in [0.717, 1.165) is 0 Å². The smallest absolute Gasteiger partial charge is 0.0739 e. The van der Waals surface area contributed by atoms with E-state index in [1.165, 1.54) is 6.26 Å². The Labute approximate surface area is 43.3 Å². The zero-order valence-corrected chi connectivity index (χ0v) is 5.18. The lowest BCUT2D eigenvalue weighted by Gasteiger charge is -1.85. The van der Waals surface area contributed by atoms with Crippen LogP contribution in [0.2, 0.25) is 0 Å². The maximum Gasteiger partial charge on any atom is 0.0739 e. The van der Waals surface area contributed by atoms with E-state index >= 15 is 0 Å². The van der Waals surface area contributed by atoms with Crippen molar-refractivity contribution in [3.63, 3.8) is 0 Å². The van der Waals surface area contributed by atoms with Gasteiger partial charge in [-0.25, -0.2) is 4.21 Å². The van der Waals surface area contributed by atoms with E-state index in [1.807, 2.05) is 0 Å². The summed E-state index contributed by atoms with van der Waals surface area (Å²) in [5.74, 6) is 0. The number of rotatable bonds is 1. The van der Waals surface area contributed by atoms with Crippen LogP contribution in [0.15, 0.2) is 0 Å². The molecule has 0 saturated carbocycles. The van der Waals surface area contributed by atoms with Crippen molar-refractivity contribution in [2.45, 2.75) is 0 Å². The molecule has 0 aromatic heterocycles. The molecular formula is C2H7NOS2. The van der Waals surface area contributed by atoms with Gasteiger partial charge in [0, 0.05) is 6.26 Å². The van der Waals surface area contributed by atoms with Gasteiger partial charge >= 0.3 is 0 Å². The fourth-order valence-electron chi connectivity index (χ4n) is 0. The predicted octanol–water partition coefficient (Wildman–Crippen LogP) is 0.550. The van der Waals surface area contributed by atoms with Crippen molar-refractivity contribution in [3.8, 4) is 0 Å². The van der Waals surface area contributed by atoms with Gasteiger partial charge in [0.1, 0.15) is 0 Å². The molecule has 6 heavy (non-hydrogen) atoms. The molecule has 2 nitrogen and oxygen atoms in total. The first kappa shape index (κ1) is 6.30. The van der Waals surface area contributed by atoms with Crippen molar-refractivity contribution in [1.82, 2.24) is 0 Å². The van der Waals surface area contributed by atoms with E-state index in [2.05, 4.69) is 12.6 Å². The molecule has 0 radical (unpaired) electrons. The number of thiol groups is 1. The highest BCUT2D eigenvalue weighted by molar-refractivity contribution is 8.04. The van der Waals surface area contributed by atoms with Crippen molar-refractivity contribution in [3.05, 3.63) is 0 Å². The molecule has 0 fully saturated rings. The third kappa shape index (κ3) is 4.30. The minimum absolute atomic E-state index is 0.160. The van der Waals surface area contributed by atoms with Gasteiger partial charge in [-0.1, -0.05) is 0 Å². The van der Waals surface area contributed by atoms with Crippen molar-refractivity contribution < 1.29 is 4.21 Å². The van der Waals surface area contributed by atoms with Gasteiger partial charge in [-0.05, 0) is 0 Å². The van der Waals surface area contributed by atoms with Crippen LogP contribution in [0.25, 0.3) is 0 Å². The molecule has 0 bridgehead atoms. The second-order valence-electron chi connectivity index (χ2n) is 1.13. The first-order valence-electron chi connectivity index (χ1n) is 1.38. The molecule has 0 heterocycles. The molecular weight excluding hydrogens is 118 g/mol. The van der Waals surface area contributed by atoms with Gasteiger partial charge in [0.2, 0.25) is 0 Å². The number of hydrogen-bond acceptors (Lipinski definition) is 3. The van der Waals surface area contributed by atoms with E-state index in [1.54, 1.807) is 0 Å². The van der Waals surface area contributed by atoms with Gasteiger partial charge in [-0.15, -0.1) is 0 Å². The maximum atomic E-state index is 10.1. The Morgan fingerprint density at radius 2 is 2.17 bits per heavy atom. The highest BCUT2D eigenvalue weighted by Crippen LogP contribution is 1.84. The second-order valence-corrected chi connectivity index (χ2v) is 4.18. The van der Waals surface area contributed by atoms with Crippen molar-refractivity contribution in [1.29, 1.82) is 4.78 Å². The average molecular weight is 125 g/mol. The van der Waals surface area contributed by atoms with Crippen LogP contribution in [0.3, 0.4) is 0 Å². The molecule has 1 N–H and O–H groups in total. The molecule has 1 atom stereocenters. The molecule has 0 aromatic carbocycles. The highest BCUT2D eigenvalue weighted by Gasteiger charge is 1.85. The maximum absolute atomic E-state index is 10.1. The van der Waals surface area contributed by atoms with Gasteiger partial charge < -0.3 is 0 Å². The first-order valence-corrected chi connectivity index (χ1v) is 4.15. The van der Waals surface area contributed by atoms with E-state index in [4.69, 9.17) is 4.78 Å². The van der Waals surface area contributed by atoms with Crippen LogP contribution < -0.4 is 0 Å². The Bertz CT molecular complexity index is 114. The normalized spacial score (nSPS) is 19.7. The van der Waals surface area contributed by atoms with E-state index in [-0.39, 0.29) is 5.08 Å². The standard InChI is InChI=1S/C2H7NOS2/c1-6(3,4)2-5/h3,5H,2H2,1H3. The Morgan fingerprint density at radius 3 is 2.17 bits per heavy atom. The summed E-state index contributed by atoms with van der Waals surface area (Å²) in [5, 5.41) is 0.160. The highest BCUT2D eigenvalue weighted by atomic mass is 32.2. The van der Waals surface area contributed by atoms with Crippen LogP contribution in [0.4, 0.5) is 0 Å². The molecule has 0 amide bonds. The molecule has 4 heteroatoms. The lowest BCUT2D eigenvalue weighted by Crippen LogP contribution is -1.91. The van der Waals surface area contributed by atoms with Gasteiger partial charge in [0.15, 0.2) is 0 Å². The molecule has 38 valence electrons. The van der Waals surface area contributed by atoms with Crippen LogP contribution in [-0.4, -0.2) is 15.5 Å². The number of nitrogens with one attached hydrogen (secondary N) is 1. The SMILES string of the molecule is CS(=N)(=O)CS. The number of hydrogen-bond donors (Lipinski definition) is 2. The summed E-state index contributed by atoms with van der Waals surface area (Å²) in [4.78, 5) is 0. The Kier molecular flexibility index (Phi) is 1.93. The summed E-state index contributed by atoms with van der Waals surface area (Å²) >= 11 is 3.64. The molecule has 0 aliphatic heterocycles. The molecule has 0 aliphatic rings. The van der Waals surface area contributed by atoms with Gasteiger partial charge in [-0.3, -0.25) is 4.78 Å². The second kappa shape index (κ2) is 1.84. The van der Waals surface area contributed by atoms with Crippen LogP contribution >= 0.6 is 12.6 Å². The minimum atomic E-state index is -2.30. The van der Waals surface area contributed by atoms with Crippen molar-refractivity contribution in [2.24, 2.45) is 0 Å². The van der Waals surface area contributed by atoms with E-state index in [9.17, 15) is 4.21 Å². The summed E-state index contributed by atoms with van der Waals surface area (Å²) in [7, 11) is -2.30. The summed E-state index contributed by atoms with van der Waals surface area (Å²) in [6, 6.07) is 0. The van der Waals surface area contributed by atoms with E-state index in [0.29, 0.717) is 0 Å². The van der Waals surface area contributed by atoms with Gasteiger partial charge in [0.25, 0.3) is 0 Å². The molecule has 0 aromatic rings. The topological polar surface area (TPSA) is 40.9 Å². The predicted molar refractivity (Wildman–Crippen MR) is 30.6 cm³/mol. The molecule has 0 saturated heterocycles. The first-order chi connectivity index (χ1) is 2.56. The zero-order chi connectivity index (χ0) is 5.21. The average Bonchev–Trinajstić information content (AvgIpc) is 1.35. The van der Waals surface area contributed by atoms with Crippen molar-refractivity contribution >= 4 is 22.4 Å². The lowest BCUT2D eigenvalue weighted by molar-refractivity contribution is 0.682. The third-order valence-electron chi connectivity index (χ3n) is 0.246. The summed E-state index contributed by atoms with van der Waals surface area (Å²) in [6.45, 7) is 0. The lowest BCUT2D eigenvalue weighted by atomic mass is 11.9. The van der Waals surface area contributed by atoms with Crippen molar-refractivity contribution in [2.75, 3.05) is 11.3 Å². The summed E-state index contributed by atoms with van der Waals surface area (Å²) in [6.07, 6.45) is 1.36. The fourth-order valence-corrected chi connectivity index (χ4v) is 0. The molecule has 0 rings (SSSR count). The monoisotopic (exact) mass is 125 g/mol. The van der Waals surface area contributed by atoms with E-state index < -0.39 is 9.73 Å². The van der Waals surface area contributed by atoms with Crippen LogP contribution in [0, 0.1) is 4.78 Å². The van der Waals surface area contributed by atoms with Crippen LogP contribution in [0.1, 0.15) is 0 Å². The molecule has 1 unspecified atom stereocenters. The summed E-state index contributed by atoms with van der Waals surface area (Å²) in [5.41, 5.74) is 0. The molecule has 0 spiro atoms. The van der Waals surface area contributed by atoms with Crippen LogP contribution in [-0.2, 0) is 9.73 Å². The summed E-state index contributed by atoms with van der Waals surface area (Å²) < 4.78 is 16.8. The quantitative estimate of drug-likeness (QED) is 0.494. The largest absolute Gasteiger partial charge is 0.252 e. The van der Waals surface area contributed by atoms with Gasteiger partial charge in [0.05, 0.1) is 14.8 Å². The minimum Gasteiger partial charge on any atom is -0.252 e. The Morgan fingerprint density at radius 1 is 2.00 bits per heavy atom. The Hall–Kier alpha value is 0.300. The van der Waals surface area contributed by atoms with Gasteiger partial charge in [-0.2, -0.15) is 12.6 Å². The zero-order valence-electron chi connectivity index (χ0n) is 3.47.